The molecule has 0 bridgehead atoms. The van der Waals surface area contributed by atoms with Gasteiger partial charge in [0.25, 0.3) is 0 Å². The molecule has 2 rings (SSSR count). The summed E-state index contributed by atoms with van der Waals surface area (Å²) in [6.45, 7) is 8.83. The number of rotatable bonds is 0. The van der Waals surface area contributed by atoms with Crippen LogP contribution in [0.1, 0.15) is 33.1 Å². The highest BCUT2D eigenvalue weighted by atomic mass is 15.2. The van der Waals surface area contributed by atoms with E-state index in [0.717, 1.165) is 0 Å². The molecule has 2 aliphatic rings. The number of nitrogens with zero attached hydrogens (tertiary/aromatic N) is 1. The molecule has 84 valence electrons. The van der Waals surface area contributed by atoms with Crippen molar-refractivity contribution in [3.63, 3.8) is 0 Å². The molecule has 2 heterocycles. The van der Waals surface area contributed by atoms with Gasteiger partial charge in [-0.2, -0.15) is 0 Å². The molecule has 14 heavy (non-hydrogen) atoms. The van der Waals surface area contributed by atoms with Gasteiger partial charge >= 0.3 is 0 Å². The molecule has 3 heteroatoms. The molecule has 2 saturated heterocycles. The molecular formula is C11H25N3. The van der Waals surface area contributed by atoms with Gasteiger partial charge in [0.05, 0.1) is 5.66 Å². The van der Waals surface area contributed by atoms with Gasteiger partial charge in [-0.25, -0.2) is 0 Å². The number of nitrogens with one attached hydrogen (secondary N) is 2. The fraction of sp³-hybridized carbons (Fsp3) is 1.00. The van der Waals surface area contributed by atoms with Gasteiger partial charge in [-0.1, -0.05) is 13.8 Å². The van der Waals surface area contributed by atoms with Gasteiger partial charge in [0.1, 0.15) is 0 Å². The third-order valence-electron chi connectivity index (χ3n) is 3.12. The first-order valence-corrected chi connectivity index (χ1v) is 5.99. The van der Waals surface area contributed by atoms with Crippen LogP contribution in [0.5, 0.6) is 0 Å². The Morgan fingerprint density at radius 1 is 1.00 bits per heavy atom. The molecule has 0 aromatic carbocycles. The predicted molar refractivity (Wildman–Crippen MR) is 61.4 cm³/mol. The molecule has 0 amide bonds. The van der Waals surface area contributed by atoms with E-state index in [1.165, 1.54) is 45.4 Å². The zero-order valence-electron chi connectivity index (χ0n) is 9.90. The summed E-state index contributed by atoms with van der Waals surface area (Å²) in [6.07, 6.45) is 3.78. The molecule has 3 nitrogen and oxygen atoms in total. The van der Waals surface area contributed by atoms with Crippen molar-refractivity contribution in [2.45, 2.75) is 38.8 Å². The Morgan fingerprint density at radius 3 is 2.00 bits per heavy atom. The Hall–Kier alpha value is -0.120. The standard InChI is InChI=1S/C9H19N3.C2H6/c1-12-7-3-9(4-8-12)10-5-2-6-11-9;1-2/h10-11H,2-8H2,1H3;1-2H3. The maximum Gasteiger partial charge on any atom is 0.0711 e. The second kappa shape index (κ2) is 5.69. The molecule has 0 aromatic heterocycles. The Kier molecular flexibility index (Phi) is 4.85. The second-order valence-electron chi connectivity index (χ2n) is 4.09. The second-order valence-corrected chi connectivity index (χ2v) is 4.09. The number of piperidine rings is 1. The average molecular weight is 199 g/mol. The monoisotopic (exact) mass is 199 g/mol. The molecule has 0 unspecified atom stereocenters. The Morgan fingerprint density at radius 2 is 1.50 bits per heavy atom. The van der Waals surface area contributed by atoms with Crippen molar-refractivity contribution in [1.82, 2.24) is 15.5 Å². The van der Waals surface area contributed by atoms with Gasteiger partial charge in [0.2, 0.25) is 0 Å². The maximum atomic E-state index is 3.62. The fourth-order valence-electron chi connectivity index (χ4n) is 2.16. The molecule has 0 atom stereocenters. The molecule has 2 fully saturated rings. The molecule has 0 aromatic rings. The summed E-state index contributed by atoms with van der Waals surface area (Å²) in [5.74, 6) is 0. The summed E-state index contributed by atoms with van der Waals surface area (Å²) < 4.78 is 0. The number of hydrogen-bond acceptors (Lipinski definition) is 3. The van der Waals surface area contributed by atoms with Crippen molar-refractivity contribution in [3.8, 4) is 0 Å². The minimum atomic E-state index is 0.296. The summed E-state index contributed by atoms with van der Waals surface area (Å²) in [5, 5.41) is 7.23. The topological polar surface area (TPSA) is 27.3 Å². The summed E-state index contributed by atoms with van der Waals surface area (Å²) >= 11 is 0. The minimum Gasteiger partial charge on any atom is -0.306 e. The van der Waals surface area contributed by atoms with Gasteiger partial charge in [-0.15, -0.1) is 0 Å². The molecule has 0 radical (unpaired) electrons. The third-order valence-corrected chi connectivity index (χ3v) is 3.12. The van der Waals surface area contributed by atoms with E-state index in [1.54, 1.807) is 0 Å². The molecular weight excluding hydrogens is 174 g/mol. The minimum absolute atomic E-state index is 0.296. The molecule has 2 aliphatic heterocycles. The molecule has 1 spiro atoms. The Balaban J connectivity index is 0.000000461. The van der Waals surface area contributed by atoms with Gasteiger partial charge in [-0.05, 0) is 39.4 Å². The highest BCUT2D eigenvalue weighted by Crippen LogP contribution is 2.20. The van der Waals surface area contributed by atoms with E-state index < -0.39 is 0 Å². The van der Waals surface area contributed by atoms with E-state index in [2.05, 4.69) is 22.6 Å². The average Bonchev–Trinajstić information content (AvgIpc) is 2.27. The first-order valence-electron chi connectivity index (χ1n) is 5.99. The van der Waals surface area contributed by atoms with Gasteiger partial charge in [0, 0.05) is 13.1 Å². The Labute approximate surface area is 88.2 Å². The predicted octanol–water partition coefficient (Wildman–Crippen LogP) is 1.02. The van der Waals surface area contributed by atoms with Gasteiger partial charge < -0.3 is 4.90 Å². The Bertz CT molecular complexity index is 143. The first-order chi connectivity index (χ1) is 6.81. The molecule has 0 aliphatic carbocycles. The van der Waals surface area contributed by atoms with E-state index in [-0.39, 0.29) is 0 Å². The highest BCUT2D eigenvalue weighted by Gasteiger charge is 2.33. The van der Waals surface area contributed by atoms with Crippen LogP contribution in [0.4, 0.5) is 0 Å². The molecule has 2 N–H and O–H groups in total. The summed E-state index contributed by atoms with van der Waals surface area (Å²) in [6, 6.07) is 0. The van der Waals surface area contributed by atoms with Crippen LogP contribution < -0.4 is 10.6 Å². The maximum absolute atomic E-state index is 3.62. The van der Waals surface area contributed by atoms with Crippen LogP contribution in [0.15, 0.2) is 0 Å². The van der Waals surface area contributed by atoms with Crippen molar-refractivity contribution >= 4 is 0 Å². The van der Waals surface area contributed by atoms with Crippen LogP contribution >= 0.6 is 0 Å². The van der Waals surface area contributed by atoms with Gasteiger partial charge in [-0.3, -0.25) is 10.6 Å². The SMILES string of the molecule is CC.CN1CCC2(CC1)NCCCN2. The number of likely N-dealkylation sites (tertiary alicyclic amines) is 1. The van der Waals surface area contributed by atoms with Gasteiger partial charge in [0.15, 0.2) is 0 Å². The quantitative estimate of drug-likeness (QED) is 0.610. The van der Waals surface area contributed by atoms with Crippen molar-refractivity contribution < 1.29 is 0 Å². The normalized spacial score (nSPS) is 26.8. The lowest BCUT2D eigenvalue weighted by atomic mass is 9.95. The van der Waals surface area contributed by atoms with Crippen molar-refractivity contribution in [3.05, 3.63) is 0 Å². The van der Waals surface area contributed by atoms with E-state index in [4.69, 9.17) is 0 Å². The smallest absolute Gasteiger partial charge is 0.0711 e. The summed E-state index contributed by atoms with van der Waals surface area (Å²) in [5.41, 5.74) is 0.296. The largest absolute Gasteiger partial charge is 0.306 e. The number of hydrogen-bond donors (Lipinski definition) is 2. The molecule has 0 saturated carbocycles. The van der Waals surface area contributed by atoms with E-state index in [1.807, 2.05) is 13.8 Å². The lowest BCUT2D eigenvalue weighted by Gasteiger charge is -2.44. The van der Waals surface area contributed by atoms with Crippen LogP contribution in [0, 0.1) is 0 Å². The van der Waals surface area contributed by atoms with Crippen molar-refractivity contribution in [1.29, 1.82) is 0 Å². The lowest BCUT2D eigenvalue weighted by Crippen LogP contribution is -2.64. The van der Waals surface area contributed by atoms with Crippen LogP contribution in [0.3, 0.4) is 0 Å². The zero-order valence-corrected chi connectivity index (χ0v) is 9.90. The zero-order chi connectivity index (χ0) is 10.4. The fourth-order valence-corrected chi connectivity index (χ4v) is 2.16. The highest BCUT2D eigenvalue weighted by molar-refractivity contribution is 4.92. The van der Waals surface area contributed by atoms with Crippen molar-refractivity contribution in [2.75, 3.05) is 33.2 Å². The van der Waals surface area contributed by atoms with Crippen molar-refractivity contribution in [2.24, 2.45) is 0 Å². The summed E-state index contributed by atoms with van der Waals surface area (Å²) in [4.78, 5) is 2.41. The van der Waals surface area contributed by atoms with Crippen LogP contribution in [0.2, 0.25) is 0 Å². The van der Waals surface area contributed by atoms with Crippen LogP contribution in [-0.2, 0) is 0 Å². The van der Waals surface area contributed by atoms with E-state index in [9.17, 15) is 0 Å². The van der Waals surface area contributed by atoms with E-state index in [0.29, 0.717) is 5.66 Å². The first kappa shape index (κ1) is 12.0. The van der Waals surface area contributed by atoms with Crippen LogP contribution in [-0.4, -0.2) is 43.8 Å². The summed E-state index contributed by atoms with van der Waals surface area (Å²) in [7, 11) is 2.20. The van der Waals surface area contributed by atoms with Crippen LogP contribution in [0.25, 0.3) is 0 Å². The lowest BCUT2D eigenvalue weighted by molar-refractivity contribution is 0.109. The van der Waals surface area contributed by atoms with E-state index >= 15 is 0 Å². The third kappa shape index (κ3) is 2.94.